The highest BCUT2D eigenvalue weighted by atomic mass is 32.2. The second-order valence-electron chi connectivity index (χ2n) is 2.10. The van der Waals surface area contributed by atoms with Crippen molar-refractivity contribution in [1.29, 1.82) is 0 Å². The zero-order valence-electron chi connectivity index (χ0n) is 4.70. The van der Waals surface area contributed by atoms with E-state index in [0.717, 1.165) is 11.5 Å². The second-order valence-corrected chi connectivity index (χ2v) is 3.17. The summed E-state index contributed by atoms with van der Waals surface area (Å²) in [5, 5.41) is 0. The Labute approximate surface area is 56.7 Å². The Morgan fingerprint density at radius 2 is 1.89 bits per heavy atom. The number of ether oxygens (including phenoxy) is 2. The number of fused-ring (bicyclic) bond motifs is 1. The maximum Gasteiger partial charge on any atom is 0.509 e. The average molecular weight is 146 g/mol. The summed E-state index contributed by atoms with van der Waals surface area (Å²) in [7, 11) is 0. The lowest BCUT2D eigenvalue weighted by Crippen LogP contribution is -2.18. The van der Waals surface area contributed by atoms with E-state index in [0.29, 0.717) is 0 Å². The summed E-state index contributed by atoms with van der Waals surface area (Å²) in [4.78, 5) is 10.4. The fraction of sp³-hybridized carbons (Fsp3) is 0.800. The van der Waals surface area contributed by atoms with Crippen molar-refractivity contribution in [3.05, 3.63) is 0 Å². The molecule has 2 fully saturated rings. The third-order valence-corrected chi connectivity index (χ3v) is 2.60. The Hall–Kier alpha value is -0.380. The van der Waals surface area contributed by atoms with E-state index < -0.39 is 6.16 Å². The topological polar surface area (TPSA) is 35.5 Å². The minimum absolute atomic E-state index is 0.0440. The molecule has 2 aliphatic heterocycles. The fourth-order valence-electron chi connectivity index (χ4n) is 1.01. The lowest BCUT2D eigenvalue weighted by molar-refractivity contribution is 0.118. The van der Waals surface area contributed by atoms with E-state index in [1.807, 2.05) is 0 Å². The third-order valence-electron chi connectivity index (χ3n) is 1.47. The first-order valence-electron chi connectivity index (χ1n) is 2.81. The van der Waals surface area contributed by atoms with E-state index in [2.05, 4.69) is 0 Å². The van der Waals surface area contributed by atoms with Crippen LogP contribution in [0.4, 0.5) is 4.79 Å². The van der Waals surface area contributed by atoms with Crippen LogP contribution in [0.3, 0.4) is 0 Å². The molecule has 0 spiro atoms. The van der Waals surface area contributed by atoms with E-state index in [-0.39, 0.29) is 12.2 Å². The maximum atomic E-state index is 10.4. The number of rotatable bonds is 0. The van der Waals surface area contributed by atoms with E-state index in [1.54, 1.807) is 11.8 Å². The van der Waals surface area contributed by atoms with Crippen molar-refractivity contribution in [2.45, 2.75) is 12.2 Å². The van der Waals surface area contributed by atoms with Crippen LogP contribution >= 0.6 is 11.8 Å². The Bertz CT molecular complexity index is 133. The highest BCUT2D eigenvalue weighted by Gasteiger charge is 2.40. The minimum atomic E-state index is -0.495. The van der Waals surface area contributed by atoms with Crippen LogP contribution in [0, 0.1) is 0 Å². The van der Waals surface area contributed by atoms with Gasteiger partial charge in [-0.1, -0.05) is 0 Å². The van der Waals surface area contributed by atoms with Gasteiger partial charge in [0.25, 0.3) is 0 Å². The van der Waals surface area contributed by atoms with Crippen molar-refractivity contribution in [2.75, 3.05) is 11.5 Å². The molecule has 2 rings (SSSR count). The van der Waals surface area contributed by atoms with E-state index in [9.17, 15) is 4.79 Å². The van der Waals surface area contributed by atoms with Crippen molar-refractivity contribution in [3.63, 3.8) is 0 Å². The monoisotopic (exact) mass is 146 g/mol. The molecule has 2 heterocycles. The molecule has 0 aliphatic carbocycles. The van der Waals surface area contributed by atoms with Gasteiger partial charge in [-0.3, -0.25) is 0 Å². The van der Waals surface area contributed by atoms with Gasteiger partial charge in [0.15, 0.2) is 12.2 Å². The highest BCUT2D eigenvalue weighted by molar-refractivity contribution is 7.99. The lowest BCUT2D eigenvalue weighted by Gasteiger charge is -1.98. The highest BCUT2D eigenvalue weighted by Crippen LogP contribution is 2.28. The molecule has 0 aromatic heterocycles. The van der Waals surface area contributed by atoms with Gasteiger partial charge in [0.2, 0.25) is 0 Å². The van der Waals surface area contributed by atoms with Gasteiger partial charge in [0, 0.05) is 11.5 Å². The number of hydrogen-bond donors (Lipinski definition) is 0. The normalized spacial score (nSPS) is 39.8. The molecule has 50 valence electrons. The summed E-state index contributed by atoms with van der Waals surface area (Å²) in [6.07, 6.45) is -0.407. The molecular formula is C5H6O3S. The van der Waals surface area contributed by atoms with E-state index >= 15 is 0 Å². The molecule has 0 amide bonds. The largest absolute Gasteiger partial charge is 0.509 e. The molecule has 0 aromatic carbocycles. The molecule has 0 aromatic rings. The van der Waals surface area contributed by atoms with Crippen LogP contribution in [0.1, 0.15) is 0 Å². The van der Waals surface area contributed by atoms with Crippen molar-refractivity contribution in [2.24, 2.45) is 0 Å². The molecule has 0 radical (unpaired) electrons. The van der Waals surface area contributed by atoms with Gasteiger partial charge in [-0.25, -0.2) is 4.79 Å². The lowest BCUT2D eigenvalue weighted by atomic mass is 10.3. The van der Waals surface area contributed by atoms with Gasteiger partial charge in [0.05, 0.1) is 0 Å². The van der Waals surface area contributed by atoms with Crippen LogP contribution in [0.2, 0.25) is 0 Å². The number of carbonyl (C=O) groups is 1. The van der Waals surface area contributed by atoms with Crippen LogP contribution in [-0.2, 0) is 9.47 Å². The summed E-state index contributed by atoms with van der Waals surface area (Å²) in [5.41, 5.74) is 0. The SMILES string of the molecule is O=C1O[C@H]2CSC[C@@H]2O1. The van der Waals surface area contributed by atoms with Crippen molar-refractivity contribution < 1.29 is 14.3 Å². The van der Waals surface area contributed by atoms with Gasteiger partial charge >= 0.3 is 6.16 Å². The van der Waals surface area contributed by atoms with Crippen LogP contribution in [0.15, 0.2) is 0 Å². The molecule has 2 saturated heterocycles. The van der Waals surface area contributed by atoms with Gasteiger partial charge in [0.1, 0.15) is 0 Å². The van der Waals surface area contributed by atoms with Crippen LogP contribution in [-0.4, -0.2) is 29.9 Å². The Morgan fingerprint density at radius 3 is 2.44 bits per heavy atom. The number of carbonyl (C=O) groups excluding carboxylic acids is 1. The van der Waals surface area contributed by atoms with E-state index in [4.69, 9.17) is 9.47 Å². The van der Waals surface area contributed by atoms with Gasteiger partial charge in [-0.05, 0) is 0 Å². The Balaban J connectivity index is 2.09. The summed E-state index contributed by atoms with van der Waals surface area (Å²) in [6.45, 7) is 0. The first kappa shape index (κ1) is 5.41. The molecule has 0 saturated carbocycles. The summed E-state index contributed by atoms with van der Waals surface area (Å²) >= 11 is 1.77. The molecular weight excluding hydrogens is 140 g/mol. The van der Waals surface area contributed by atoms with Gasteiger partial charge in [-0.15, -0.1) is 0 Å². The zero-order chi connectivity index (χ0) is 6.27. The zero-order valence-corrected chi connectivity index (χ0v) is 5.52. The Kier molecular flexibility index (Phi) is 1.08. The predicted molar refractivity (Wildman–Crippen MR) is 32.5 cm³/mol. The van der Waals surface area contributed by atoms with Crippen molar-refractivity contribution in [3.8, 4) is 0 Å². The van der Waals surface area contributed by atoms with E-state index in [1.165, 1.54) is 0 Å². The molecule has 4 heteroatoms. The second kappa shape index (κ2) is 1.80. The van der Waals surface area contributed by atoms with Crippen LogP contribution < -0.4 is 0 Å². The van der Waals surface area contributed by atoms with Gasteiger partial charge in [-0.2, -0.15) is 11.8 Å². The predicted octanol–water partition coefficient (Wildman–Crippen LogP) is 0.637. The standard InChI is InChI=1S/C5H6O3S/c6-5-7-3-1-9-2-4(3)8-5/h3-4H,1-2H2/t3-,4-/m0/s1. The Morgan fingerprint density at radius 1 is 1.33 bits per heavy atom. The fourth-order valence-corrected chi connectivity index (χ4v) is 2.18. The first-order valence-corrected chi connectivity index (χ1v) is 3.97. The smallest absolute Gasteiger partial charge is 0.426 e. The molecule has 2 atom stereocenters. The first-order chi connectivity index (χ1) is 4.36. The molecule has 0 unspecified atom stereocenters. The molecule has 9 heavy (non-hydrogen) atoms. The summed E-state index contributed by atoms with van der Waals surface area (Å²) < 4.78 is 9.61. The van der Waals surface area contributed by atoms with Gasteiger partial charge < -0.3 is 9.47 Å². The minimum Gasteiger partial charge on any atom is -0.426 e. The number of hydrogen-bond acceptors (Lipinski definition) is 4. The third kappa shape index (κ3) is 0.775. The van der Waals surface area contributed by atoms with Crippen molar-refractivity contribution >= 4 is 17.9 Å². The van der Waals surface area contributed by atoms with Crippen LogP contribution in [0.5, 0.6) is 0 Å². The molecule has 3 nitrogen and oxygen atoms in total. The summed E-state index contributed by atoms with van der Waals surface area (Å²) in [5.74, 6) is 1.80. The summed E-state index contributed by atoms with van der Waals surface area (Å²) in [6, 6.07) is 0. The molecule has 0 bridgehead atoms. The molecule has 0 N–H and O–H groups in total. The van der Waals surface area contributed by atoms with Crippen molar-refractivity contribution in [1.82, 2.24) is 0 Å². The molecule has 2 aliphatic rings. The maximum absolute atomic E-state index is 10.4. The average Bonchev–Trinajstić information content (AvgIpc) is 2.22. The quantitative estimate of drug-likeness (QED) is 0.470. The number of thioether (sulfide) groups is 1. The van der Waals surface area contributed by atoms with Crippen LogP contribution in [0.25, 0.3) is 0 Å².